The summed E-state index contributed by atoms with van der Waals surface area (Å²) in [6, 6.07) is 0.0182. The minimum atomic E-state index is 0.0182. The van der Waals surface area contributed by atoms with Gasteiger partial charge in [0, 0.05) is 38.8 Å². The number of nitrogens with zero attached hydrogens (tertiary/aromatic N) is 2. The molecule has 0 atom stereocenters. The Balaban J connectivity index is 1.47. The summed E-state index contributed by atoms with van der Waals surface area (Å²) in [5, 5.41) is 5.89. The monoisotopic (exact) mass is 325 g/mol. The molecule has 3 heterocycles. The molecule has 22 heavy (non-hydrogen) atoms. The minimum absolute atomic E-state index is 0.0182. The summed E-state index contributed by atoms with van der Waals surface area (Å²) in [4.78, 5) is 18.7. The highest BCUT2D eigenvalue weighted by Gasteiger charge is 2.40. The van der Waals surface area contributed by atoms with Crippen molar-refractivity contribution in [1.82, 2.24) is 15.2 Å². The standard InChI is InChI=1S/C15H23N3O3S/c1-20-9-13-17-12(10-22-13)8-16-14(19)18-5-2-15(11-18)3-6-21-7-4-15/h10H,2-9,11H2,1H3,(H,16,19). The van der Waals surface area contributed by atoms with Crippen molar-refractivity contribution in [2.24, 2.45) is 5.41 Å². The van der Waals surface area contributed by atoms with E-state index in [1.165, 1.54) is 0 Å². The molecule has 1 spiro atoms. The van der Waals surface area contributed by atoms with Gasteiger partial charge in [-0.05, 0) is 24.7 Å². The Hall–Kier alpha value is -1.18. The molecule has 0 aliphatic carbocycles. The van der Waals surface area contributed by atoms with E-state index >= 15 is 0 Å². The van der Waals surface area contributed by atoms with Crippen LogP contribution < -0.4 is 5.32 Å². The Morgan fingerprint density at radius 1 is 1.50 bits per heavy atom. The lowest BCUT2D eigenvalue weighted by atomic mass is 9.80. The quantitative estimate of drug-likeness (QED) is 0.920. The van der Waals surface area contributed by atoms with Crippen LogP contribution in [0.25, 0.3) is 0 Å². The second-order valence-electron chi connectivity index (χ2n) is 6.11. The first-order valence-electron chi connectivity index (χ1n) is 7.74. The molecule has 2 saturated heterocycles. The van der Waals surface area contributed by atoms with Gasteiger partial charge in [-0.25, -0.2) is 9.78 Å². The van der Waals surface area contributed by atoms with Crippen LogP contribution in [0.1, 0.15) is 30.0 Å². The van der Waals surface area contributed by atoms with Crippen molar-refractivity contribution >= 4 is 17.4 Å². The lowest BCUT2D eigenvalue weighted by Gasteiger charge is -2.33. The summed E-state index contributed by atoms with van der Waals surface area (Å²) in [7, 11) is 1.66. The molecule has 1 aromatic rings. The predicted octanol–water partition coefficient (Wildman–Crippen LogP) is 2.00. The molecular weight excluding hydrogens is 302 g/mol. The van der Waals surface area contributed by atoms with Gasteiger partial charge in [0.05, 0.1) is 18.8 Å². The van der Waals surface area contributed by atoms with Gasteiger partial charge in [0.15, 0.2) is 0 Å². The number of likely N-dealkylation sites (tertiary alicyclic amines) is 1. The largest absolute Gasteiger partial charge is 0.381 e. The third kappa shape index (κ3) is 3.59. The molecular formula is C15H23N3O3S. The van der Waals surface area contributed by atoms with E-state index in [2.05, 4.69) is 10.3 Å². The third-order valence-corrected chi connectivity index (χ3v) is 5.44. The van der Waals surface area contributed by atoms with E-state index in [1.807, 2.05) is 10.3 Å². The molecule has 122 valence electrons. The van der Waals surface area contributed by atoms with Crippen LogP contribution in [0.2, 0.25) is 0 Å². The van der Waals surface area contributed by atoms with Gasteiger partial charge < -0.3 is 19.7 Å². The molecule has 0 unspecified atom stereocenters. The molecule has 0 radical (unpaired) electrons. The number of aromatic nitrogens is 1. The van der Waals surface area contributed by atoms with Gasteiger partial charge in [-0.1, -0.05) is 0 Å². The number of urea groups is 1. The fraction of sp³-hybridized carbons (Fsp3) is 0.733. The van der Waals surface area contributed by atoms with Gasteiger partial charge in [-0.15, -0.1) is 11.3 Å². The lowest BCUT2D eigenvalue weighted by Crippen LogP contribution is -2.40. The van der Waals surface area contributed by atoms with Crippen LogP contribution in [0.3, 0.4) is 0 Å². The van der Waals surface area contributed by atoms with E-state index in [1.54, 1.807) is 18.4 Å². The number of methoxy groups -OCH3 is 1. The number of carbonyl (C=O) groups excluding carboxylic acids is 1. The average Bonchev–Trinajstić information content (AvgIpc) is 3.14. The molecule has 7 heteroatoms. The van der Waals surface area contributed by atoms with E-state index in [4.69, 9.17) is 9.47 Å². The number of hydrogen-bond donors (Lipinski definition) is 1. The number of amides is 2. The molecule has 2 amide bonds. The second kappa shape index (κ2) is 6.93. The van der Waals surface area contributed by atoms with Gasteiger partial charge in [0.2, 0.25) is 0 Å². The van der Waals surface area contributed by atoms with Gasteiger partial charge in [0.1, 0.15) is 5.01 Å². The Morgan fingerprint density at radius 2 is 2.32 bits per heavy atom. The zero-order chi connectivity index (χ0) is 15.4. The number of thiazole rings is 1. The van der Waals surface area contributed by atoms with Crippen LogP contribution in [-0.2, 0) is 22.6 Å². The van der Waals surface area contributed by atoms with E-state index in [9.17, 15) is 4.79 Å². The van der Waals surface area contributed by atoms with Crippen LogP contribution in [0, 0.1) is 5.41 Å². The fourth-order valence-electron chi connectivity index (χ4n) is 3.22. The average molecular weight is 325 g/mol. The molecule has 2 fully saturated rings. The number of rotatable bonds is 4. The molecule has 1 N–H and O–H groups in total. The highest BCUT2D eigenvalue weighted by atomic mass is 32.1. The fourth-order valence-corrected chi connectivity index (χ4v) is 3.98. The SMILES string of the molecule is COCc1nc(CNC(=O)N2CCC3(CCOCC3)C2)cs1. The molecule has 3 rings (SSSR count). The van der Waals surface area contributed by atoms with Gasteiger partial charge in [0.25, 0.3) is 0 Å². The van der Waals surface area contributed by atoms with Gasteiger partial charge >= 0.3 is 6.03 Å². The summed E-state index contributed by atoms with van der Waals surface area (Å²) >= 11 is 1.56. The van der Waals surface area contributed by atoms with Crippen molar-refractivity contribution in [3.05, 3.63) is 16.1 Å². The van der Waals surface area contributed by atoms with Crippen LogP contribution in [0.4, 0.5) is 4.79 Å². The van der Waals surface area contributed by atoms with Crippen LogP contribution in [0.5, 0.6) is 0 Å². The summed E-state index contributed by atoms with van der Waals surface area (Å²) < 4.78 is 10.5. The minimum Gasteiger partial charge on any atom is -0.381 e. The number of ether oxygens (including phenoxy) is 2. The lowest BCUT2D eigenvalue weighted by molar-refractivity contribution is 0.0208. The van der Waals surface area contributed by atoms with Crippen LogP contribution in [0.15, 0.2) is 5.38 Å². The van der Waals surface area contributed by atoms with E-state index in [0.717, 1.165) is 56.3 Å². The van der Waals surface area contributed by atoms with Crippen LogP contribution in [-0.4, -0.2) is 49.3 Å². The smallest absolute Gasteiger partial charge is 0.317 e. The summed E-state index contributed by atoms with van der Waals surface area (Å²) in [5.41, 5.74) is 1.19. The molecule has 1 aromatic heterocycles. The number of nitrogens with one attached hydrogen (secondary N) is 1. The zero-order valence-electron chi connectivity index (χ0n) is 13.0. The maximum absolute atomic E-state index is 12.3. The highest BCUT2D eigenvalue weighted by Crippen LogP contribution is 2.39. The molecule has 0 saturated carbocycles. The Morgan fingerprint density at radius 3 is 3.09 bits per heavy atom. The number of hydrogen-bond acceptors (Lipinski definition) is 5. The first kappa shape index (κ1) is 15.7. The normalized spacial score (nSPS) is 20.5. The van der Waals surface area contributed by atoms with Crippen molar-refractivity contribution in [3.8, 4) is 0 Å². The van der Waals surface area contributed by atoms with E-state index < -0.39 is 0 Å². The number of carbonyl (C=O) groups is 1. The summed E-state index contributed by atoms with van der Waals surface area (Å²) in [6.45, 7) is 4.36. The van der Waals surface area contributed by atoms with Crippen LogP contribution >= 0.6 is 11.3 Å². The first-order valence-corrected chi connectivity index (χ1v) is 8.61. The van der Waals surface area contributed by atoms with Crippen molar-refractivity contribution in [3.63, 3.8) is 0 Å². The summed E-state index contributed by atoms with van der Waals surface area (Å²) in [5.74, 6) is 0. The zero-order valence-corrected chi connectivity index (χ0v) is 13.8. The van der Waals surface area contributed by atoms with Crippen molar-refractivity contribution in [1.29, 1.82) is 0 Å². The molecule has 2 aliphatic heterocycles. The maximum Gasteiger partial charge on any atom is 0.317 e. The first-order chi connectivity index (χ1) is 10.7. The summed E-state index contributed by atoms with van der Waals surface area (Å²) in [6.07, 6.45) is 3.24. The highest BCUT2D eigenvalue weighted by molar-refractivity contribution is 7.09. The molecule has 0 bridgehead atoms. The van der Waals surface area contributed by atoms with Crippen molar-refractivity contribution in [2.75, 3.05) is 33.4 Å². The molecule has 0 aromatic carbocycles. The van der Waals surface area contributed by atoms with E-state index in [-0.39, 0.29) is 6.03 Å². The molecule has 2 aliphatic rings. The van der Waals surface area contributed by atoms with Gasteiger partial charge in [-0.3, -0.25) is 0 Å². The Bertz CT molecular complexity index is 514. The van der Waals surface area contributed by atoms with E-state index in [0.29, 0.717) is 18.6 Å². The molecule has 6 nitrogen and oxygen atoms in total. The maximum atomic E-state index is 12.3. The Kier molecular flexibility index (Phi) is 4.95. The van der Waals surface area contributed by atoms with Crippen molar-refractivity contribution in [2.45, 2.75) is 32.4 Å². The topological polar surface area (TPSA) is 63.7 Å². The van der Waals surface area contributed by atoms with Gasteiger partial charge in [-0.2, -0.15) is 0 Å². The van der Waals surface area contributed by atoms with Crippen molar-refractivity contribution < 1.29 is 14.3 Å². The second-order valence-corrected chi connectivity index (χ2v) is 7.05. The predicted molar refractivity (Wildman–Crippen MR) is 83.7 cm³/mol. The third-order valence-electron chi connectivity index (χ3n) is 4.57. The Labute approximate surface area is 134 Å².